The van der Waals surface area contributed by atoms with Crippen molar-refractivity contribution >= 4 is 16.8 Å². The van der Waals surface area contributed by atoms with Crippen molar-refractivity contribution in [1.82, 2.24) is 21.2 Å². The number of likely N-dealkylation sites (tertiary alicyclic amines) is 1. The maximum absolute atomic E-state index is 10.9. The molecule has 1 saturated heterocycles. The minimum absolute atomic E-state index is 0.420. The summed E-state index contributed by atoms with van der Waals surface area (Å²) in [6.45, 7) is 4.03. The number of amides is 2. The van der Waals surface area contributed by atoms with E-state index in [9.17, 15) is 4.79 Å². The third-order valence-corrected chi connectivity index (χ3v) is 4.96. The SMILES string of the molecule is NNC(=O)NNCCCN1CCC(c2cccc3ccccc23)CC1. The Morgan fingerprint density at radius 1 is 1.12 bits per heavy atom. The highest BCUT2D eigenvalue weighted by Crippen LogP contribution is 2.32. The molecule has 0 aliphatic carbocycles. The van der Waals surface area contributed by atoms with Crippen LogP contribution in [0.2, 0.25) is 0 Å². The number of fused-ring (bicyclic) bond motifs is 1. The Hall–Kier alpha value is -2.15. The summed E-state index contributed by atoms with van der Waals surface area (Å²) < 4.78 is 0. The molecule has 0 saturated carbocycles. The molecule has 25 heavy (non-hydrogen) atoms. The predicted octanol–water partition coefficient (Wildman–Crippen LogP) is 2.09. The summed E-state index contributed by atoms with van der Waals surface area (Å²) in [6.07, 6.45) is 3.40. The summed E-state index contributed by atoms with van der Waals surface area (Å²) in [5, 5.41) is 2.74. The van der Waals surface area contributed by atoms with E-state index in [4.69, 9.17) is 5.84 Å². The Bertz CT molecular complexity index is 692. The zero-order valence-corrected chi connectivity index (χ0v) is 14.5. The first-order chi connectivity index (χ1) is 12.3. The second-order valence-corrected chi connectivity index (χ2v) is 6.56. The van der Waals surface area contributed by atoms with Gasteiger partial charge in [0.2, 0.25) is 0 Å². The van der Waals surface area contributed by atoms with Gasteiger partial charge in [0, 0.05) is 6.54 Å². The summed E-state index contributed by atoms with van der Waals surface area (Å²) in [5.41, 5.74) is 8.85. The fourth-order valence-corrected chi connectivity index (χ4v) is 3.64. The molecular formula is C19H27N5O. The standard InChI is InChI=1S/C19H27N5O/c20-22-19(25)23-21-11-4-12-24-13-9-16(10-14-24)18-8-3-6-15-5-1-2-7-17(15)18/h1-3,5-8,16,21H,4,9-14,20H2,(H2,22,23,25). The third kappa shape index (κ3) is 4.69. The second kappa shape index (κ2) is 8.80. The zero-order chi connectivity index (χ0) is 17.5. The molecule has 6 heteroatoms. The number of nitrogens with zero attached hydrogens (tertiary/aromatic N) is 1. The van der Waals surface area contributed by atoms with Crippen molar-refractivity contribution in [3.8, 4) is 0 Å². The number of carbonyl (C=O) groups is 1. The number of nitrogens with two attached hydrogens (primary N) is 1. The second-order valence-electron chi connectivity index (χ2n) is 6.56. The molecule has 1 aliphatic heterocycles. The topological polar surface area (TPSA) is 82.4 Å². The van der Waals surface area contributed by atoms with Crippen LogP contribution < -0.4 is 22.1 Å². The Morgan fingerprint density at radius 2 is 1.88 bits per heavy atom. The number of nitrogens with one attached hydrogen (secondary N) is 3. The van der Waals surface area contributed by atoms with Crippen molar-refractivity contribution in [2.24, 2.45) is 5.84 Å². The molecule has 2 amide bonds. The molecule has 0 atom stereocenters. The molecule has 0 bridgehead atoms. The fraction of sp³-hybridized carbons (Fsp3) is 0.421. The highest BCUT2D eigenvalue weighted by atomic mass is 16.2. The summed E-state index contributed by atoms with van der Waals surface area (Å²) in [4.78, 5) is 13.4. The van der Waals surface area contributed by atoms with Gasteiger partial charge in [-0.15, -0.1) is 0 Å². The Kier molecular flexibility index (Phi) is 6.22. The molecule has 3 rings (SSSR count). The van der Waals surface area contributed by atoms with Crippen molar-refractivity contribution in [2.45, 2.75) is 25.2 Å². The Balaban J connectivity index is 1.45. The summed E-state index contributed by atoms with van der Waals surface area (Å²) in [5.74, 6) is 5.64. The van der Waals surface area contributed by atoms with Crippen molar-refractivity contribution in [3.05, 3.63) is 48.0 Å². The lowest BCUT2D eigenvalue weighted by atomic mass is 9.86. The molecule has 0 unspecified atom stereocenters. The monoisotopic (exact) mass is 341 g/mol. The summed E-state index contributed by atoms with van der Waals surface area (Å²) >= 11 is 0. The van der Waals surface area contributed by atoms with Crippen molar-refractivity contribution in [3.63, 3.8) is 0 Å². The minimum atomic E-state index is -0.420. The van der Waals surface area contributed by atoms with E-state index >= 15 is 0 Å². The normalized spacial score (nSPS) is 16.0. The van der Waals surface area contributed by atoms with Crippen molar-refractivity contribution < 1.29 is 4.79 Å². The van der Waals surface area contributed by atoms with Gasteiger partial charge < -0.3 is 4.90 Å². The van der Waals surface area contributed by atoms with Gasteiger partial charge in [-0.3, -0.25) is 10.9 Å². The first kappa shape index (κ1) is 17.7. The number of rotatable bonds is 6. The Labute approximate surface area is 148 Å². The molecule has 0 radical (unpaired) electrons. The number of hydrogen-bond donors (Lipinski definition) is 4. The van der Waals surface area contributed by atoms with Gasteiger partial charge in [0.05, 0.1) is 0 Å². The van der Waals surface area contributed by atoms with Crippen LogP contribution in [0.1, 0.15) is 30.7 Å². The lowest BCUT2D eigenvalue weighted by molar-refractivity contribution is 0.208. The molecule has 134 valence electrons. The van der Waals surface area contributed by atoms with Crippen LogP contribution in [0.25, 0.3) is 10.8 Å². The van der Waals surface area contributed by atoms with Gasteiger partial charge in [-0.05, 0) is 61.2 Å². The van der Waals surface area contributed by atoms with Crippen LogP contribution in [0.15, 0.2) is 42.5 Å². The maximum atomic E-state index is 10.9. The first-order valence-electron chi connectivity index (χ1n) is 8.97. The van der Waals surface area contributed by atoms with Gasteiger partial charge in [-0.25, -0.2) is 16.1 Å². The van der Waals surface area contributed by atoms with Gasteiger partial charge in [0.1, 0.15) is 0 Å². The average Bonchev–Trinajstić information content (AvgIpc) is 2.67. The number of carbonyl (C=O) groups excluding carboxylic acids is 1. The minimum Gasteiger partial charge on any atom is -0.303 e. The van der Waals surface area contributed by atoms with Crippen LogP contribution in [0.3, 0.4) is 0 Å². The molecule has 1 heterocycles. The van der Waals surface area contributed by atoms with Crippen LogP contribution in [0, 0.1) is 0 Å². The quantitative estimate of drug-likeness (QED) is 0.281. The highest BCUT2D eigenvalue weighted by Gasteiger charge is 2.21. The number of hydrogen-bond acceptors (Lipinski definition) is 4. The number of piperidine rings is 1. The van der Waals surface area contributed by atoms with Crippen molar-refractivity contribution in [2.75, 3.05) is 26.2 Å². The highest BCUT2D eigenvalue weighted by molar-refractivity contribution is 5.86. The molecule has 2 aromatic carbocycles. The summed E-state index contributed by atoms with van der Waals surface area (Å²) in [7, 11) is 0. The lowest BCUT2D eigenvalue weighted by Crippen LogP contribution is -2.47. The van der Waals surface area contributed by atoms with Crippen LogP contribution in [-0.2, 0) is 0 Å². The van der Waals surface area contributed by atoms with Gasteiger partial charge in [0.15, 0.2) is 0 Å². The number of urea groups is 1. The first-order valence-corrected chi connectivity index (χ1v) is 8.97. The molecular weight excluding hydrogens is 314 g/mol. The fourth-order valence-electron chi connectivity index (χ4n) is 3.64. The van der Waals surface area contributed by atoms with Gasteiger partial charge in [0.25, 0.3) is 0 Å². The van der Waals surface area contributed by atoms with Crippen LogP contribution in [-0.4, -0.2) is 37.1 Å². The molecule has 1 aliphatic rings. The lowest BCUT2D eigenvalue weighted by Gasteiger charge is -2.32. The van der Waals surface area contributed by atoms with E-state index in [1.165, 1.54) is 29.2 Å². The van der Waals surface area contributed by atoms with E-state index in [1.807, 2.05) is 5.43 Å². The van der Waals surface area contributed by atoms with Gasteiger partial charge in [-0.2, -0.15) is 0 Å². The van der Waals surface area contributed by atoms with Gasteiger partial charge >= 0.3 is 6.03 Å². The van der Waals surface area contributed by atoms with E-state index < -0.39 is 6.03 Å². The van der Waals surface area contributed by atoms with Gasteiger partial charge in [-0.1, -0.05) is 42.5 Å². The van der Waals surface area contributed by atoms with E-state index in [0.717, 1.165) is 32.6 Å². The van der Waals surface area contributed by atoms with E-state index in [1.54, 1.807) is 0 Å². The number of benzene rings is 2. The van der Waals surface area contributed by atoms with Crippen LogP contribution in [0.4, 0.5) is 4.79 Å². The Morgan fingerprint density at radius 3 is 2.68 bits per heavy atom. The smallest absolute Gasteiger partial charge is 0.303 e. The van der Waals surface area contributed by atoms with E-state index in [2.05, 4.69) is 58.2 Å². The molecule has 0 aromatic heterocycles. The third-order valence-electron chi connectivity index (χ3n) is 4.96. The average molecular weight is 341 g/mol. The molecule has 2 aromatic rings. The molecule has 6 nitrogen and oxygen atoms in total. The van der Waals surface area contributed by atoms with E-state index in [-0.39, 0.29) is 0 Å². The largest absolute Gasteiger partial charge is 0.343 e. The summed E-state index contributed by atoms with van der Waals surface area (Å²) in [6, 6.07) is 14.9. The number of hydrazine groups is 2. The molecule has 1 fully saturated rings. The van der Waals surface area contributed by atoms with Crippen LogP contribution >= 0.6 is 0 Å². The van der Waals surface area contributed by atoms with Crippen molar-refractivity contribution in [1.29, 1.82) is 0 Å². The molecule has 0 spiro atoms. The molecule has 5 N–H and O–H groups in total. The predicted molar refractivity (Wildman–Crippen MR) is 101 cm³/mol. The maximum Gasteiger partial charge on any atom is 0.343 e. The van der Waals surface area contributed by atoms with Crippen LogP contribution in [0.5, 0.6) is 0 Å². The van der Waals surface area contributed by atoms with E-state index in [0.29, 0.717) is 5.92 Å². The zero-order valence-electron chi connectivity index (χ0n) is 14.5.